The number of anilines is 1. The predicted octanol–water partition coefficient (Wildman–Crippen LogP) is 0.688. The molecule has 8 nitrogen and oxygen atoms in total. The van der Waals surface area contributed by atoms with Crippen LogP contribution in [0, 0.1) is 0 Å². The van der Waals surface area contributed by atoms with Crippen molar-refractivity contribution in [3.05, 3.63) is 24.4 Å². The lowest BCUT2D eigenvalue weighted by atomic mass is 10.2. The standard InChI is InChI=1S/C13H13N3O5/c1-20-12(18)6-21-8-2-3-11-9(4-8)10(15-7-17)5-16(11)13(14)19/h2-5,7H,6H2,1H3,(H2,14,19)(H,15,17). The first-order chi connectivity index (χ1) is 10.1. The van der Waals surface area contributed by atoms with E-state index in [1.54, 1.807) is 18.2 Å². The highest BCUT2D eigenvalue weighted by Crippen LogP contribution is 2.29. The summed E-state index contributed by atoms with van der Waals surface area (Å²) >= 11 is 0. The van der Waals surface area contributed by atoms with Crippen molar-refractivity contribution in [3.8, 4) is 5.75 Å². The van der Waals surface area contributed by atoms with E-state index < -0.39 is 12.0 Å². The van der Waals surface area contributed by atoms with E-state index in [1.165, 1.54) is 17.9 Å². The molecular weight excluding hydrogens is 278 g/mol. The molecule has 0 aliphatic heterocycles. The quantitative estimate of drug-likeness (QED) is 0.621. The molecule has 0 radical (unpaired) electrons. The minimum atomic E-state index is -0.679. The summed E-state index contributed by atoms with van der Waals surface area (Å²) in [5.74, 6) is -0.125. The number of aromatic nitrogens is 1. The molecule has 0 unspecified atom stereocenters. The third-order valence-corrected chi connectivity index (χ3v) is 2.81. The van der Waals surface area contributed by atoms with Crippen molar-refractivity contribution in [2.45, 2.75) is 0 Å². The van der Waals surface area contributed by atoms with Crippen LogP contribution in [-0.4, -0.2) is 36.7 Å². The Balaban J connectivity index is 2.40. The van der Waals surface area contributed by atoms with Crippen LogP contribution in [0.4, 0.5) is 10.5 Å². The van der Waals surface area contributed by atoms with E-state index in [0.717, 1.165) is 0 Å². The summed E-state index contributed by atoms with van der Waals surface area (Å²) in [6.07, 6.45) is 1.90. The zero-order valence-electron chi connectivity index (χ0n) is 11.2. The summed E-state index contributed by atoms with van der Waals surface area (Å²) in [7, 11) is 1.26. The average molecular weight is 291 g/mol. The van der Waals surface area contributed by atoms with E-state index in [-0.39, 0.29) is 6.61 Å². The Kier molecular flexibility index (Phi) is 4.07. The normalized spacial score (nSPS) is 10.1. The average Bonchev–Trinajstić information content (AvgIpc) is 2.83. The van der Waals surface area contributed by atoms with Gasteiger partial charge in [-0.2, -0.15) is 0 Å². The van der Waals surface area contributed by atoms with Gasteiger partial charge in [-0.25, -0.2) is 9.59 Å². The molecule has 21 heavy (non-hydrogen) atoms. The number of primary amides is 1. The maximum atomic E-state index is 11.3. The molecule has 1 heterocycles. The number of ether oxygens (including phenoxy) is 2. The highest BCUT2D eigenvalue weighted by atomic mass is 16.6. The molecule has 1 aromatic carbocycles. The molecule has 2 amide bonds. The number of esters is 1. The Bertz CT molecular complexity index is 707. The molecule has 0 saturated heterocycles. The van der Waals surface area contributed by atoms with Gasteiger partial charge in [-0.3, -0.25) is 9.36 Å². The number of nitrogens with one attached hydrogen (secondary N) is 1. The summed E-state index contributed by atoms with van der Waals surface area (Å²) in [5, 5.41) is 3.03. The van der Waals surface area contributed by atoms with Crippen LogP contribution in [0.5, 0.6) is 5.75 Å². The molecule has 0 aliphatic rings. The maximum absolute atomic E-state index is 11.3. The van der Waals surface area contributed by atoms with E-state index in [2.05, 4.69) is 10.1 Å². The van der Waals surface area contributed by atoms with Gasteiger partial charge in [-0.15, -0.1) is 0 Å². The van der Waals surface area contributed by atoms with Gasteiger partial charge in [0, 0.05) is 11.6 Å². The topological polar surface area (TPSA) is 113 Å². The van der Waals surface area contributed by atoms with Gasteiger partial charge in [-0.1, -0.05) is 0 Å². The first-order valence-corrected chi connectivity index (χ1v) is 5.91. The Morgan fingerprint density at radius 2 is 2.19 bits per heavy atom. The zero-order chi connectivity index (χ0) is 15.4. The van der Waals surface area contributed by atoms with Crippen molar-refractivity contribution in [2.24, 2.45) is 5.73 Å². The highest BCUT2D eigenvalue weighted by molar-refractivity contribution is 6.02. The number of hydrogen-bond donors (Lipinski definition) is 2. The monoisotopic (exact) mass is 291 g/mol. The molecule has 0 aliphatic carbocycles. The summed E-state index contributed by atoms with van der Waals surface area (Å²) in [6.45, 7) is -0.241. The highest BCUT2D eigenvalue weighted by Gasteiger charge is 2.13. The lowest BCUT2D eigenvalue weighted by Crippen LogP contribution is -2.18. The Morgan fingerprint density at radius 1 is 1.43 bits per heavy atom. The van der Waals surface area contributed by atoms with Crippen molar-refractivity contribution in [3.63, 3.8) is 0 Å². The van der Waals surface area contributed by atoms with E-state index >= 15 is 0 Å². The lowest BCUT2D eigenvalue weighted by molar-refractivity contribution is -0.142. The molecule has 3 N–H and O–H groups in total. The van der Waals surface area contributed by atoms with Gasteiger partial charge in [0.15, 0.2) is 6.61 Å². The number of fused-ring (bicyclic) bond motifs is 1. The second-order valence-corrected chi connectivity index (χ2v) is 4.06. The number of rotatable bonds is 5. The van der Waals surface area contributed by atoms with Crippen molar-refractivity contribution in [2.75, 3.05) is 19.0 Å². The lowest BCUT2D eigenvalue weighted by Gasteiger charge is -2.05. The van der Waals surface area contributed by atoms with Gasteiger partial charge in [0.25, 0.3) is 0 Å². The second-order valence-electron chi connectivity index (χ2n) is 4.06. The molecule has 0 bridgehead atoms. The van der Waals surface area contributed by atoms with Crippen LogP contribution in [0.2, 0.25) is 0 Å². The van der Waals surface area contributed by atoms with Gasteiger partial charge in [0.05, 0.1) is 18.3 Å². The summed E-state index contributed by atoms with van der Waals surface area (Å²) in [5.41, 5.74) is 6.18. The van der Waals surface area contributed by atoms with E-state index in [1.807, 2.05) is 0 Å². The summed E-state index contributed by atoms with van der Waals surface area (Å²) in [4.78, 5) is 33.0. The molecule has 8 heteroatoms. The fourth-order valence-corrected chi connectivity index (χ4v) is 1.86. The van der Waals surface area contributed by atoms with Crippen molar-refractivity contribution in [1.29, 1.82) is 0 Å². The number of hydrogen-bond acceptors (Lipinski definition) is 5. The maximum Gasteiger partial charge on any atom is 0.343 e. The van der Waals surface area contributed by atoms with Crippen LogP contribution in [0.3, 0.4) is 0 Å². The molecule has 1 aromatic heterocycles. The van der Waals surface area contributed by atoms with E-state index in [0.29, 0.717) is 28.7 Å². The summed E-state index contributed by atoms with van der Waals surface area (Å²) < 4.78 is 10.9. The summed E-state index contributed by atoms with van der Waals surface area (Å²) in [6, 6.07) is 4.09. The molecule has 0 spiro atoms. The number of benzene rings is 1. The van der Waals surface area contributed by atoms with E-state index in [9.17, 15) is 14.4 Å². The largest absolute Gasteiger partial charge is 0.482 e. The Hall–Kier alpha value is -3.03. The first kappa shape index (κ1) is 14.4. The molecular formula is C13H13N3O5. The molecule has 2 rings (SSSR count). The smallest absolute Gasteiger partial charge is 0.343 e. The number of nitrogens with zero attached hydrogens (tertiary/aromatic N) is 1. The van der Waals surface area contributed by atoms with Gasteiger partial charge in [-0.05, 0) is 18.2 Å². The number of carbonyl (C=O) groups is 3. The van der Waals surface area contributed by atoms with Crippen molar-refractivity contribution in [1.82, 2.24) is 4.57 Å². The van der Waals surface area contributed by atoms with E-state index in [4.69, 9.17) is 10.5 Å². The Morgan fingerprint density at radius 3 is 2.81 bits per heavy atom. The van der Waals surface area contributed by atoms with Crippen LogP contribution in [0.1, 0.15) is 0 Å². The van der Waals surface area contributed by atoms with Gasteiger partial charge < -0.3 is 20.5 Å². The van der Waals surface area contributed by atoms with Crippen LogP contribution in [0.15, 0.2) is 24.4 Å². The third kappa shape index (κ3) is 2.94. The first-order valence-electron chi connectivity index (χ1n) is 5.91. The van der Waals surface area contributed by atoms with Crippen LogP contribution < -0.4 is 15.8 Å². The minimum Gasteiger partial charge on any atom is -0.482 e. The Labute approximate surface area is 119 Å². The van der Waals surface area contributed by atoms with Crippen molar-refractivity contribution < 1.29 is 23.9 Å². The molecule has 0 saturated carbocycles. The molecule has 110 valence electrons. The number of methoxy groups -OCH3 is 1. The number of carbonyl (C=O) groups excluding carboxylic acids is 3. The second kappa shape index (κ2) is 5.95. The fourth-order valence-electron chi connectivity index (χ4n) is 1.86. The number of nitrogens with two attached hydrogens (primary N) is 1. The molecule has 2 aromatic rings. The zero-order valence-corrected chi connectivity index (χ0v) is 11.2. The third-order valence-electron chi connectivity index (χ3n) is 2.81. The fraction of sp³-hybridized carbons (Fsp3) is 0.154. The SMILES string of the molecule is COC(=O)COc1ccc2c(c1)c(NC=O)cn2C(N)=O. The van der Waals surface area contributed by atoms with Crippen molar-refractivity contribution >= 4 is 35.0 Å². The van der Waals surface area contributed by atoms with Crippen LogP contribution in [0.25, 0.3) is 10.9 Å². The van der Waals surface area contributed by atoms with Gasteiger partial charge >= 0.3 is 12.0 Å². The minimum absolute atomic E-state index is 0.241. The van der Waals surface area contributed by atoms with Gasteiger partial charge in [0.1, 0.15) is 5.75 Å². The van der Waals surface area contributed by atoms with Crippen LogP contribution in [-0.2, 0) is 14.3 Å². The van der Waals surface area contributed by atoms with Gasteiger partial charge in [0.2, 0.25) is 6.41 Å². The predicted molar refractivity (Wildman–Crippen MR) is 74.1 cm³/mol. The number of amides is 2. The molecule has 0 atom stereocenters. The van der Waals surface area contributed by atoms with Crippen LogP contribution >= 0.6 is 0 Å². The molecule has 0 fully saturated rings.